The zero-order valence-corrected chi connectivity index (χ0v) is 9.85. The van der Waals surface area contributed by atoms with Gasteiger partial charge in [0, 0.05) is 31.8 Å². The van der Waals surface area contributed by atoms with E-state index in [4.69, 9.17) is 10.8 Å². The smallest absolute Gasteiger partial charge is 0.227 e. The summed E-state index contributed by atoms with van der Waals surface area (Å²) in [7, 11) is 0. The number of aryl methyl sites for hydroxylation is 1. The van der Waals surface area contributed by atoms with Crippen LogP contribution in [0.2, 0.25) is 0 Å². The van der Waals surface area contributed by atoms with Crippen molar-refractivity contribution in [3.05, 3.63) is 29.3 Å². The van der Waals surface area contributed by atoms with Crippen LogP contribution in [-0.4, -0.2) is 24.2 Å². The van der Waals surface area contributed by atoms with Crippen molar-refractivity contribution < 1.29 is 9.90 Å². The first-order valence-corrected chi connectivity index (χ1v) is 5.99. The van der Waals surface area contributed by atoms with E-state index in [2.05, 4.69) is 6.07 Å². The number of anilines is 1. The average Bonchev–Trinajstić information content (AvgIpc) is 2.37. The third kappa shape index (κ3) is 2.48. The fraction of sp³-hybridized carbons (Fsp3) is 0.462. The molecule has 0 unspecified atom stereocenters. The Morgan fingerprint density at radius 1 is 1.35 bits per heavy atom. The Bertz CT molecular complexity index is 418. The average molecular weight is 234 g/mol. The number of hydrogen-bond donors (Lipinski definition) is 2. The predicted octanol–water partition coefficient (Wildman–Crippen LogP) is 0.807. The number of benzene rings is 1. The van der Waals surface area contributed by atoms with Crippen molar-refractivity contribution in [2.24, 2.45) is 5.73 Å². The van der Waals surface area contributed by atoms with Crippen molar-refractivity contribution in [3.63, 3.8) is 0 Å². The lowest BCUT2D eigenvalue weighted by atomic mass is 9.98. The molecule has 0 fully saturated rings. The topological polar surface area (TPSA) is 66.6 Å². The molecule has 1 aromatic carbocycles. The molecule has 4 heteroatoms. The molecule has 1 aliphatic rings. The summed E-state index contributed by atoms with van der Waals surface area (Å²) in [6.45, 7) is 1.22. The second kappa shape index (κ2) is 5.29. The van der Waals surface area contributed by atoms with E-state index in [-0.39, 0.29) is 12.5 Å². The van der Waals surface area contributed by atoms with Gasteiger partial charge in [0.25, 0.3) is 0 Å². The van der Waals surface area contributed by atoms with Gasteiger partial charge in [-0.1, -0.05) is 12.1 Å². The number of carbonyl (C=O) groups is 1. The third-order valence-electron chi connectivity index (χ3n) is 3.12. The van der Waals surface area contributed by atoms with Crippen LogP contribution in [0.5, 0.6) is 0 Å². The van der Waals surface area contributed by atoms with Gasteiger partial charge in [0.15, 0.2) is 0 Å². The van der Waals surface area contributed by atoms with E-state index in [1.165, 1.54) is 5.56 Å². The first-order valence-electron chi connectivity index (χ1n) is 5.99. The minimum atomic E-state index is 0.111. The van der Waals surface area contributed by atoms with Gasteiger partial charge in [0.2, 0.25) is 5.91 Å². The number of hydrogen-bond acceptors (Lipinski definition) is 3. The molecular weight excluding hydrogens is 216 g/mol. The van der Waals surface area contributed by atoms with Crippen LogP contribution in [0, 0.1) is 0 Å². The number of amides is 1. The van der Waals surface area contributed by atoms with Crippen molar-refractivity contribution in [3.8, 4) is 0 Å². The van der Waals surface area contributed by atoms with E-state index in [1.54, 1.807) is 4.90 Å². The summed E-state index contributed by atoms with van der Waals surface area (Å²) in [6, 6.07) is 6.00. The van der Waals surface area contributed by atoms with E-state index in [0.29, 0.717) is 25.9 Å². The van der Waals surface area contributed by atoms with E-state index < -0.39 is 0 Å². The van der Waals surface area contributed by atoms with Crippen molar-refractivity contribution in [1.82, 2.24) is 0 Å². The monoisotopic (exact) mass is 234 g/mol. The molecule has 17 heavy (non-hydrogen) atoms. The lowest BCUT2D eigenvalue weighted by Crippen LogP contribution is -2.36. The van der Waals surface area contributed by atoms with Crippen LogP contribution in [0.25, 0.3) is 0 Å². The fourth-order valence-corrected chi connectivity index (χ4v) is 2.21. The number of fused-ring (bicyclic) bond motifs is 1. The Kier molecular flexibility index (Phi) is 3.76. The van der Waals surface area contributed by atoms with Gasteiger partial charge in [-0.25, -0.2) is 0 Å². The first-order chi connectivity index (χ1) is 8.26. The van der Waals surface area contributed by atoms with Gasteiger partial charge in [0.05, 0.1) is 0 Å². The van der Waals surface area contributed by atoms with Gasteiger partial charge < -0.3 is 15.7 Å². The second-order valence-corrected chi connectivity index (χ2v) is 4.29. The molecule has 3 N–H and O–H groups in total. The molecule has 92 valence electrons. The van der Waals surface area contributed by atoms with Gasteiger partial charge in [0.1, 0.15) is 0 Å². The van der Waals surface area contributed by atoms with E-state index in [9.17, 15) is 4.79 Å². The molecular formula is C13H18N2O2. The SMILES string of the molecule is NCc1ccc2c(c1)CCC(=O)N2CCCO. The Hall–Kier alpha value is -1.39. The number of rotatable bonds is 4. The molecule has 0 saturated carbocycles. The molecule has 0 aromatic heterocycles. The lowest BCUT2D eigenvalue weighted by Gasteiger charge is -2.29. The van der Waals surface area contributed by atoms with Crippen LogP contribution in [-0.2, 0) is 17.8 Å². The van der Waals surface area contributed by atoms with Gasteiger partial charge in [-0.3, -0.25) is 4.79 Å². The van der Waals surface area contributed by atoms with Crippen LogP contribution in [0.3, 0.4) is 0 Å². The van der Waals surface area contributed by atoms with Crippen molar-refractivity contribution >= 4 is 11.6 Å². The molecule has 0 aliphatic carbocycles. The van der Waals surface area contributed by atoms with E-state index >= 15 is 0 Å². The van der Waals surface area contributed by atoms with Crippen LogP contribution < -0.4 is 10.6 Å². The molecule has 1 amide bonds. The Morgan fingerprint density at radius 3 is 2.88 bits per heavy atom. The van der Waals surface area contributed by atoms with Crippen molar-refractivity contribution in [2.45, 2.75) is 25.8 Å². The summed E-state index contributed by atoms with van der Waals surface area (Å²) < 4.78 is 0. The van der Waals surface area contributed by atoms with Gasteiger partial charge in [-0.05, 0) is 30.0 Å². The Morgan fingerprint density at radius 2 is 2.18 bits per heavy atom. The van der Waals surface area contributed by atoms with Crippen LogP contribution in [0.4, 0.5) is 5.69 Å². The molecule has 2 rings (SSSR count). The van der Waals surface area contributed by atoms with Crippen LogP contribution in [0.1, 0.15) is 24.0 Å². The molecule has 1 aliphatic heterocycles. The molecule has 1 aromatic rings. The maximum atomic E-state index is 11.8. The molecule has 0 radical (unpaired) electrons. The van der Waals surface area contributed by atoms with Crippen LogP contribution in [0.15, 0.2) is 18.2 Å². The zero-order valence-electron chi connectivity index (χ0n) is 9.85. The fourth-order valence-electron chi connectivity index (χ4n) is 2.21. The maximum Gasteiger partial charge on any atom is 0.227 e. The largest absolute Gasteiger partial charge is 0.396 e. The Balaban J connectivity index is 2.28. The maximum absolute atomic E-state index is 11.8. The normalized spacial score (nSPS) is 14.9. The van der Waals surface area contributed by atoms with Crippen LogP contribution >= 0.6 is 0 Å². The summed E-state index contributed by atoms with van der Waals surface area (Å²) in [5, 5.41) is 8.86. The number of carbonyl (C=O) groups excluding carboxylic acids is 1. The predicted molar refractivity (Wildman–Crippen MR) is 66.7 cm³/mol. The number of nitrogens with two attached hydrogens (primary N) is 1. The quantitative estimate of drug-likeness (QED) is 0.810. The van der Waals surface area contributed by atoms with Gasteiger partial charge >= 0.3 is 0 Å². The van der Waals surface area contributed by atoms with Gasteiger partial charge in [-0.15, -0.1) is 0 Å². The number of aliphatic hydroxyl groups excluding tert-OH is 1. The Labute approximate surface area is 101 Å². The molecule has 4 nitrogen and oxygen atoms in total. The molecule has 0 atom stereocenters. The third-order valence-corrected chi connectivity index (χ3v) is 3.12. The molecule has 0 saturated heterocycles. The number of nitrogens with zero attached hydrogens (tertiary/aromatic N) is 1. The number of aliphatic hydroxyl groups is 1. The minimum Gasteiger partial charge on any atom is -0.396 e. The van der Waals surface area contributed by atoms with Gasteiger partial charge in [-0.2, -0.15) is 0 Å². The highest BCUT2D eigenvalue weighted by molar-refractivity contribution is 5.96. The highest BCUT2D eigenvalue weighted by Gasteiger charge is 2.23. The van der Waals surface area contributed by atoms with Crippen molar-refractivity contribution in [2.75, 3.05) is 18.1 Å². The van der Waals surface area contributed by atoms with E-state index in [0.717, 1.165) is 17.7 Å². The van der Waals surface area contributed by atoms with Crippen molar-refractivity contribution in [1.29, 1.82) is 0 Å². The summed E-state index contributed by atoms with van der Waals surface area (Å²) in [5.74, 6) is 0.145. The lowest BCUT2D eigenvalue weighted by molar-refractivity contribution is -0.118. The first kappa shape index (κ1) is 12.1. The highest BCUT2D eigenvalue weighted by Crippen LogP contribution is 2.28. The summed E-state index contributed by atoms with van der Waals surface area (Å²) in [5.41, 5.74) is 8.87. The highest BCUT2D eigenvalue weighted by atomic mass is 16.3. The zero-order chi connectivity index (χ0) is 12.3. The summed E-state index contributed by atoms with van der Waals surface area (Å²) >= 11 is 0. The molecule has 0 bridgehead atoms. The minimum absolute atomic E-state index is 0.111. The molecule has 1 heterocycles. The summed E-state index contributed by atoms with van der Waals surface area (Å²) in [6.07, 6.45) is 1.95. The molecule has 0 spiro atoms. The standard InChI is InChI=1S/C13H18N2O2/c14-9-10-2-4-12-11(8-10)3-5-13(17)15(12)6-1-7-16/h2,4,8,16H,1,3,5-7,9,14H2. The second-order valence-electron chi connectivity index (χ2n) is 4.29. The van der Waals surface area contributed by atoms with E-state index in [1.807, 2.05) is 12.1 Å². The summed E-state index contributed by atoms with van der Waals surface area (Å²) in [4.78, 5) is 13.6.